The topological polar surface area (TPSA) is 129 Å². The first-order chi connectivity index (χ1) is 8.23. The lowest BCUT2D eigenvalue weighted by Gasteiger charge is -2.28. The van der Waals surface area contributed by atoms with Crippen LogP contribution in [0.1, 0.15) is 0 Å². The van der Waals surface area contributed by atoms with Gasteiger partial charge in [-0.2, -0.15) is 0 Å². The van der Waals surface area contributed by atoms with Crippen LogP contribution >= 0.6 is 0 Å². The highest BCUT2D eigenvalue weighted by molar-refractivity contribution is 5.44. The van der Waals surface area contributed by atoms with Gasteiger partial charge in [0.05, 0.1) is 19.8 Å². The summed E-state index contributed by atoms with van der Waals surface area (Å²) in [6.07, 6.45) is 0. The summed E-state index contributed by atoms with van der Waals surface area (Å²) in [6.45, 7) is -1.31. The minimum Gasteiger partial charge on any atom is -0.394 e. The van der Waals surface area contributed by atoms with Gasteiger partial charge in [0, 0.05) is 0 Å². The molecule has 2 rings (SSSR count). The Labute approximate surface area is 95.7 Å². The summed E-state index contributed by atoms with van der Waals surface area (Å²) in [4.78, 5) is 0. The average molecular weight is 240 g/mol. The maximum atomic E-state index is 9.15. The Hall–Kier alpha value is -1.84. The molecule has 9 heteroatoms. The Morgan fingerprint density at radius 2 is 1.88 bits per heavy atom. The third-order valence-corrected chi connectivity index (χ3v) is 2.37. The van der Waals surface area contributed by atoms with Gasteiger partial charge < -0.3 is 20.6 Å². The standard InChI is InChI=1S/C8H12N6O3/c15-3-8(4-16,5-17)9-6-1-2-7-10-12-13-14(7)11-6/h1-2,15-17H,3-5H2,(H,9,11). The van der Waals surface area contributed by atoms with Crippen molar-refractivity contribution in [2.45, 2.75) is 5.54 Å². The van der Waals surface area contributed by atoms with Crippen LogP contribution < -0.4 is 5.32 Å². The van der Waals surface area contributed by atoms with Crippen molar-refractivity contribution in [1.82, 2.24) is 25.3 Å². The minimum absolute atomic E-state index is 0.335. The molecule has 0 saturated heterocycles. The third kappa shape index (κ3) is 2.16. The molecule has 0 spiro atoms. The fourth-order valence-electron chi connectivity index (χ4n) is 1.26. The molecule has 0 fully saturated rings. The Balaban J connectivity index is 2.27. The number of aliphatic hydroxyl groups excluding tert-OH is 3. The molecule has 2 heterocycles. The van der Waals surface area contributed by atoms with E-state index in [1.165, 1.54) is 4.63 Å². The lowest BCUT2D eigenvalue weighted by molar-refractivity contribution is 0.0830. The predicted molar refractivity (Wildman–Crippen MR) is 56.2 cm³/mol. The summed E-state index contributed by atoms with van der Waals surface area (Å²) in [5.74, 6) is 0.335. The summed E-state index contributed by atoms with van der Waals surface area (Å²) in [5, 5.41) is 44.9. The quantitative estimate of drug-likeness (QED) is 0.457. The van der Waals surface area contributed by atoms with Crippen LogP contribution in [0.5, 0.6) is 0 Å². The van der Waals surface area contributed by atoms with Crippen LogP contribution in [0.25, 0.3) is 5.65 Å². The molecule has 9 nitrogen and oxygen atoms in total. The second-order valence-corrected chi connectivity index (χ2v) is 3.62. The largest absolute Gasteiger partial charge is 0.394 e. The van der Waals surface area contributed by atoms with E-state index in [-0.39, 0.29) is 0 Å². The van der Waals surface area contributed by atoms with E-state index >= 15 is 0 Å². The van der Waals surface area contributed by atoms with Crippen molar-refractivity contribution in [2.75, 3.05) is 25.1 Å². The van der Waals surface area contributed by atoms with Crippen LogP contribution in [0.3, 0.4) is 0 Å². The summed E-state index contributed by atoms with van der Waals surface area (Å²) in [7, 11) is 0. The maximum Gasteiger partial charge on any atom is 0.200 e. The molecular formula is C8H12N6O3. The molecule has 4 N–H and O–H groups in total. The van der Waals surface area contributed by atoms with E-state index in [9.17, 15) is 0 Å². The van der Waals surface area contributed by atoms with E-state index in [0.717, 1.165) is 0 Å². The molecule has 92 valence electrons. The molecule has 0 saturated carbocycles. The van der Waals surface area contributed by atoms with Gasteiger partial charge in [-0.05, 0) is 22.6 Å². The van der Waals surface area contributed by atoms with Gasteiger partial charge >= 0.3 is 0 Å². The van der Waals surface area contributed by atoms with Crippen molar-refractivity contribution >= 4 is 11.5 Å². The van der Waals surface area contributed by atoms with E-state index in [2.05, 4.69) is 25.9 Å². The number of fused-ring (bicyclic) bond motifs is 1. The summed E-state index contributed by atoms with van der Waals surface area (Å²) in [6, 6.07) is 3.20. The lowest BCUT2D eigenvalue weighted by atomic mass is 10.0. The van der Waals surface area contributed by atoms with Crippen LogP contribution in [-0.4, -0.2) is 65.9 Å². The zero-order valence-electron chi connectivity index (χ0n) is 8.85. The highest BCUT2D eigenvalue weighted by atomic mass is 16.3. The van der Waals surface area contributed by atoms with Gasteiger partial charge in [0.2, 0.25) is 0 Å². The van der Waals surface area contributed by atoms with Crippen LogP contribution in [0.15, 0.2) is 12.1 Å². The van der Waals surface area contributed by atoms with Crippen LogP contribution in [-0.2, 0) is 0 Å². The zero-order valence-corrected chi connectivity index (χ0v) is 8.85. The van der Waals surface area contributed by atoms with Gasteiger partial charge in [-0.15, -0.1) is 14.8 Å². The number of tetrazole rings is 1. The fraction of sp³-hybridized carbons (Fsp3) is 0.500. The van der Waals surface area contributed by atoms with Crippen LogP contribution in [0, 0.1) is 0 Å². The first-order valence-corrected chi connectivity index (χ1v) is 4.89. The number of anilines is 1. The van der Waals surface area contributed by atoms with Gasteiger partial charge in [-0.1, -0.05) is 0 Å². The molecular weight excluding hydrogens is 228 g/mol. The molecule has 0 aliphatic carbocycles. The number of rotatable bonds is 5. The molecule has 2 aromatic heterocycles. The molecule has 0 aliphatic rings. The van der Waals surface area contributed by atoms with Crippen molar-refractivity contribution in [1.29, 1.82) is 0 Å². The van der Waals surface area contributed by atoms with Gasteiger partial charge in [-0.3, -0.25) is 0 Å². The van der Waals surface area contributed by atoms with Gasteiger partial charge in [0.15, 0.2) is 5.65 Å². The maximum absolute atomic E-state index is 9.15. The number of nitrogens with zero attached hydrogens (tertiary/aromatic N) is 5. The van der Waals surface area contributed by atoms with E-state index in [0.29, 0.717) is 11.5 Å². The minimum atomic E-state index is -1.23. The van der Waals surface area contributed by atoms with E-state index in [1.807, 2.05) is 0 Å². The SMILES string of the molecule is OCC(CO)(CO)Nc1ccc2nnnn2n1. The zero-order chi connectivity index (χ0) is 12.3. The number of aromatic nitrogens is 5. The average Bonchev–Trinajstić information content (AvgIpc) is 2.83. The second-order valence-electron chi connectivity index (χ2n) is 3.62. The number of aliphatic hydroxyl groups is 3. The van der Waals surface area contributed by atoms with Gasteiger partial charge in [0.25, 0.3) is 0 Å². The third-order valence-electron chi connectivity index (χ3n) is 2.37. The molecule has 0 radical (unpaired) electrons. The van der Waals surface area contributed by atoms with Crippen molar-refractivity contribution < 1.29 is 15.3 Å². The molecule has 2 aromatic rings. The van der Waals surface area contributed by atoms with Crippen molar-refractivity contribution in [3.63, 3.8) is 0 Å². The molecule has 0 unspecified atom stereocenters. The molecule has 17 heavy (non-hydrogen) atoms. The van der Waals surface area contributed by atoms with Crippen molar-refractivity contribution in [3.05, 3.63) is 12.1 Å². The first kappa shape index (κ1) is 11.6. The monoisotopic (exact) mass is 240 g/mol. The fourth-order valence-corrected chi connectivity index (χ4v) is 1.26. The Morgan fingerprint density at radius 1 is 1.18 bits per heavy atom. The number of hydrogen-bond acceptors (Lipinski definition) is 8. The molecule has 0 aliphatic heterocycles. The number of hydrogen-bond donors (Lipinski definition) is 4. The lowest BCUT2D eigenvalue weighted by Crippen LogP contribution is -2.49. The van der Waals surface area contributed by atoms with Crippen molar-refractivity contribution in [2.24, 2.45) is 0 Å². The van der Waals surface area contributed by atoms with E-state index in [4.69, 9.17) is 15.3 Å². The second kappa shape index (κ2) is 4.57. The molecule has 0 amide bonds. The van der Waals surface area contributed by atoms with Gasteiger partial charge in [0.1, 0.15) is 11.4 Å². The van der Waals surface area contributed by atoms with E-state index < -0.39 is 25.4 Å². The Bertz CT molecular complexity index is 488. The normalized spacial score (nSPS) is 11.9. The molecule has 0 bridgehead atoms. The Kier molecular flexibility index (Phi) is 3.13. The van der Waals surface area contributed by atoms with E-state index in [1.54, 1.807) is 12.1 Å². The van der Waals surface area contributed by atoms with Crippen LogP contribution in [0.4, 0.5) is 5.82 Å². The van der Waals surface area contributed by atoms with Crippen molar-refractivity contribution in [3.8, 4) is 0 Å². The Morgan fingerprint density at radius 3 is 2.53 bits per heavy atom. The smallest absolute Gasteiger partial charge is 0.200 e. The number of nitrogens with one attached hydrogen (secondary N) is 1. The highest BCUT2D eigenvalue weighted by Crippen LogP contribution is 2.12. The molecule has 0 aromatic carbocycles. The highest BCUT2D eigenvalue weighted by Gasteiger charge is 2.28. The summed E-state index contributed by atoms with van der Waals surface area (Å²) >= 11 is 0. The summed E-state index contributed by atoms with van der Waals surface area (Å²) < 4.78 is 1.19. The first-order valence-electron chi connectivity index (χ1n) is 4.89. The molecule has 0 atom stereocenters. The van der Waals surface area contributed by atoms with Crippen LogP contribution in [0.2, 0.25) is 0 Å². The predicted octanol–water partition coefficient (Wildman–Crippen LogP) is -2.35. The summed E-state index contributed by atoms with van der Waals surface area (Å²) in [5.41, 5.74) is -0.757. The van der Waals surface area contributed by atoms with Gasteiger partial charge in [-0.25, -0.2) is 0 Å².